The Hall–Kier alpha value is -2.25. The molecule has 0 bridgehead atoms. The second-order valence-corrected chi connectivity index (χ2v) is 3.85. The van der Waals surface area contributed by atoms with Crippen molar-refractivity contribution in [2.45, 2.75) is 13.5 Å². The maximum Gasteiger partial charge on any atom is 0.224 e. The highest BCUT2D eigenvalue weighted by molar-refractivity contribution is 5.38. The van der Waals surface area contributed by atoms with E-state index in [-0.39, 0.29) is 12.4 Å². The minimum absolute atomic E-state index is 0.256. The van der Waals surface area contributed by atoms with Crippen molar-refractivity contribution in [1.29, 1.82) is 0 Å². The lowest BCUT2D eigenvalue weighted by Gasteiger charge is -2.09. The number of rotatable bonds is 6. The van der Waals surface area contributed by atoms with Gasteiger partial charge in [-0.3, -0.25) is 0 Å². The van der Waals surface area contributed by atoms with Gasteiger partial charge in [-0.05, 0) is 31.2 Å². The predicted molar refractivity (Wildman–Crippen MR) is 71.6 cm³/mol. The summed E-state index contributed by atoms with van der Waals surface area (Å²) in [6.45, 7) is 2.69. The summed E-state index contributed by atoms with van der Waals surface area (Å²) in [6.07, 6.45) is 0. The number of nitrogen functional groups attached to an aromatic ring is 1. The van der Waals surface area contributed by atoms with Crippen LogP contribution in [0.15, 0.2) is 30.3 Å². The van der Waals surface area contributed by atoms with E-state index in [2.05, 4.69) is 15.4 Å². The molecule has 106 valence electrons. The molecule has 0 aliphatic carbocycles. The quantitative estimate of drug-likeness (QED) is 0.623. The smallest absolute Gasteiger partial charge is 0.224 e. The topological polar surface area (TPSA) is 82.3 Å². The lowest BCUT2D eigenvalue weighted by Crippen LogP contribution is -2.11. The summed E-state index contributed by atoms with van der Waals surface area (Å²) in [7, 11) is 0. The van der Waals surface area contributed by atoms with E-state index in [4.69, 9.17) is 15.3 Å². The van der Waals surface area contributed by atoms with Crippen LogP contribution >= 0.6 is 0 Å². The normalized spacial score (nSPS) is 10.3. The number of ether oxygens (including phenoxy) is 2. The summed E-state index contributed by atoms with van der Waals surface area (Å²) in [4.78, 5) is 8.32. The minimum Gasteiger partial charge on any atom is -0.439 e. The van der Waals surface area contributed by atoms with Crippen LogP contribution in [0, 0.1) is 5.82 Å². The van der Waals surface area contributed by atoms with E-state index in [0.29, 0.717) is 29.9 Å². The molecule has 3 N–H and O–H groups in total. The number of aromatic nitrogens is 2. The number of hydrogen-bond donors (Lipinski definition) is 2. The van der Waals surface area contributed by atoms with Crippen LogP contribution in [0.5, 0.6) is 11.6 Å². The van der Waals surface area contributed by atoms with Gasteiger partial charge in [0.25, 0.3) is 0 Å². The standard InChI is InChI=1S/C13H15FN4O2/c1-2-19-8-12-16-11(18-15)7-13(17-12)20-10-5-3-9(14)4-6-10/h3-7H,2,8,15H2,1H3,(H,16,17,18). The Morgan fingerprint density at radius 1 is 1.25 bits per heavy atom. The fourth-order valence-electron chi connectivity index (χ4n) is 1.48. The van der Waals surface area contributed by atoms with Crippen LogP contribution in [0.3, 0.4) is 0 Å². The molecule has 6 nitrogen and oxygen atoms in total. The Balaban J connectivity index is 2.19. The molecule has 2 aromatic rings. The summed E-state index contributed by atoms with van der Waals surface area (Å²) in [5.74, 6) is 6.63. The molecule has 7 heteroatoms. The van der Waals surface area contributed by atoms with Gasteiger partial charge in [0.05, 0.1) is 0 Å². The zero-order valence-electron chi connectivity index (χ0n) is 11.0. The Bertz CT molecular complexity index is 563. The first-order chi connectivity index (χ1) is 9.71. The number of hydrogen-bond acceptors (Lipinski definition) is 6. The molecule has 20 heavy (non-hydrogen) atoms. The second-order valence-electron chi connectivity index (χ2n) is 3.85. The zero-order valence-corrected chi connectivity index (χ0v) is 11.0. The van der Waals surface area contributed by atoms with Crippen molar-refractivity contribution in [3.8, 4) is 11.6 Å². The summed E-state index contributed by atoms with van der Waals surface area (Å²) >= 11 is 0. The van der Waals surface area contributed by atoms with Gasteiger partial charge in [0, 0.05) is 12.7 Å². The monoisotopic (exact) mass is 278 g/mol. The van der Waals surface area contributed by atoms with E-state index in [1.54, 1.807) is 6.07 Å². The van der Waals surface area contributed by atoms with Crippen LogP contribution in [0.4, 0.5) is 10.2 Å². The molecule has 0 radical (unpaired) electrons. The third-order valence-corrected chi connectivity index (χ3v) is 2.37. The van der Waals surface area contributed by atoms with Gasteiger partial charge in [0.1, 0.15) is 24.0 Å². The van der Waals surface area contributed by atoms with Crippen LogP contribution in [0.1, 0.15) is 12.7 Å². The third-order valence-electron chi connectivity index (χ3n) is 2.37. The fourth-order valence-corrected chi connectivity index (χ4v) is 1.48. The molecule has 0 amide bonds. The van der Waals surface area contributed by atoms with Crippen molar-refractivity contribution >= 4 is 5.82 Å². The molecule has 0 aliphatic rings. The Labute approximate surface area is 115 Å². The number of nitrogens with zero attached hydrogens (tertiary/aromatic N) is 2. The summed E-state index contributed by atoms with van der Waals surface area (Å²) in [5.41, 5.74) is 2.43. The number of anilines is 1. The number of halogens is 1. The third kappa shape index (κ3) is 3.87. The highest BCUT2D eigenvalue weighted by Gasteiger charge is 2.06. The minimum atomic E-state index is -0.332. The van der Waals surface area contributed by atoms with Crippen molar-refractivity contribution in [3.05, 3.63) is 42.0 Å². The van der Waals surface area contributed by atoms with Gasteiger partial charge in [-0.15, -0.1) is 0 Å². The van der Waals surface area contributed by atoms with Gasteiger partial charge in [-0.25, -0.2) is 15.2 Å². The first kappa shape index (κ1) is 14.2. The number of benzene rings is 1. The van der Waals surface area contributed by atoms with Crippen molar-refractivity contribution in [3.63, 3.8) is 0 Å². The van der Waals surface area contributed by atoms with E-state index in [9.17, 15) is 4.39 Å². The average Bonchev–Trinajstić information content (AvgIpc) is 2.47. The second kappa shape index (κ2) is 6.78. The predicted octanol–water partition coefficient (Wildman–Crippen LogP) is 2.23. The van der Waals surface area contributed by atoms with E-state index >= 15 is 0 Å². The van der Waals surface area contributed by atoms with Crippen LogP contribution in [-0.4, -0.2) is 16.6 Å². The van der Waals surface area contributed by atoms with Gasteiger partial charge >= 0.3 is 0 Å². The van der Waals surface area contributed by atoms with Crippen LogP contribution in [0.25, 0.3) is 0 Å². The molecule has 1 aromatic heterocycles. The van der Waals surface area contributed by atoms with Gasteiger partial charge in [0.2, 0.25) is 5.88 Å². The van der Waals surface area contributed by atoms with Crippen LogP contribution in [-0.2, 0) is 11.3 Å². The van der Waals surface area contributed by atoms with Gasteiger partial charge in [-0.2, -0.15) is 4.98 Å². The molecule has 0 saturated heterocycles. The molecule has 0 aliphatic heterocycles. The van der Waals surface area contributed by atoms with E-state index in [1.165, 1.54) is 24.3 Å². The molecule has 0 fully saturated rings. The maximum absolute atomic E-state index is 12.8. The molecule has 0 saturated carbocycles. The lowest BCUT2D eigenvalue weighted by molar-refractivity contribution is 0.128. The zero-order chi connectivity index (χ0) is 14.4. The van der Waals surface area contributed by atoms with Gasteiger partial charge in [0.15, 0.2) is 5.82 Å². The maximum atomic E-state index is 12.8. The largest absolute Gasteiger partial charge is 0.439 e. The van der Waals surface area contributed by atoms with Crippen molar-refractivity contribution in [2.24, 2.45) is 5.84 Å². The molecular formula is C13H15FN4O2. The molecule has 0 atom stereocenters. The van der Waals surface area contributed by atoms with Crippen LogP contribution < -0.4 is 16.0 Å². The first-order valence-electron chi connectivity index (χ1n) is 6.07. The SMILES string of the molecule is CCOCc1nc(NN)cc(Oc2ccc(F)cc2)n1. The molecule has 0 unspecified atom stereocenters. The lowest BCUT2D eigenvalue weighted by atomic mass is 10.3. The summed E-state index contributed by atoms with van der Waals surface area (Å²) < 4.78 is 23.6. The Morgan fingerprint density at radius 2 is 2.00 bits per heavy atom. The highest BCUT2D eigenvalue weighted by Crippen LogP contribution is 2.21. The Morgan fingerprint density at radius 3 is 2.65 bits per heavy atom. The van der Waals surface area contributed by atoms with E-state index in [1.807, 2.05) is 6.92 Å². The molecule has 1 heterocycles. The molecular weight excluding hydrogens is 263 g/mol. The number of nitrogens with one attached hydrogen (secondary N) is 1. The van der Waals surface area contributed by atoms with Crippen molar-refractivity contribution in [1.82, 2.24) is 9.97 Å². The van der Waals surface area contributed by atoms with Gasteiger partial charge < -0.3 is 14.9 Å². The average molecular weight is 278 g/mol. The summed E-state index contributed by atoms with van der Waals surface area (Å²) in [6, 6.07) is 7.17. The van der Waals surface area contributed by atoms with Crippen molar-refractivity contribution < 1.29 is 13.9 Å². The number of nitrogens with two attached hydrogens (primary N) is 1. The van der Waals surface area contributed by atoms with E-state index < -0.39 is 0 Å². The van der Waals surface area contributed by atoms with Crippen LogP contribution in [0.2, 0.25) is 0 Å². The number of hydrazine groups is 1. The highest BCUT2D eigenvalue weighted by atomic mass is 19.1. The first-order valence-corrected chi connectivity index (χ1v) is 6.07. The molecule has 0 spiro atoms. The molecule has 2 rings (SSSR count). The molecule has 1 aromatic carbocycles. The van der Waals surface area contributed by atoms with Gasteiger partial charge in [-0.1, -0.05) is 0 Å². The van der Waals surface area contributed by atoms with E-state index in [0.717, 1.165) is 0 Å². The Kier molecular flexibility index (Phi) is 4.80. The fraction of sp³-hybridized carbons (Fsp3) is 0.231. The van der Waals surface area contributed by atoms with Crippen molar-refractivity contribution in [2.75, 3.05) is 12.0 Å². The summed E-state index contributed by atoms with van der Waals surface area (Å²) in [5, 5.41) is 0.